The van der Waals surface area contributed by atoms with Crippen LogP contribution in [-0.4, -0.2) is 0 Å². The average Bonchev–Trinajstić information content (AvgIpc) is 2.40. The normalized spacial score (nSPS) is 10.9. The van der Waals surface area contributed by atoms with Crippen LogP contribution >= 0.6 is 15.9 Å². The number of halogens is 4. The SMILES string of the molecule is N#Cc1cccc(Oc2ccc(Br)cc2)c1C(F)(F)F. The van der Waals surface area contributed by atoms with Crippen molar-refractivity contribution in [3.05, 3.63) is 58.1 Å². The molecule has 2 aromatic rings. The molecule has 6 heteroatoms. The van der Waals surface area contributed by atoms with Gasteiger partial charge in [-0.25, -0.2) is 0 Å². The van der Waals surface area contributed by atoms with Gasteiger partial charge in [0.25, 0.3) is 0 Å². The van der Waals surface area contributed by atoms with Crippen LogP contribution in [0.15, 0.2) is 46.9 Å². The van der Waals surface area contributed by atoms with Crippen LogP contribution in [-0.2, 0) is 6.18 Å². The van der Waals surface area contributed by atoms with Crippen LogP contribution in [0.3, 0.4) is 0 Å². The molecule has 2 rings (SSSR count). The molecule has 0 aliphatic rings. The van der Waals surface area contributed by atoms with E-state index in [-0.39, 0.29) is 11.5 Å². The Morgan fingerprint density at radius 1 is 1.05 bits per heavy atom. The lowest BCUT2D eigenvalue weighted by Gasteiger charge is -2.14. The first-order chi connectivity index (χ1) is 9.41. The Kier molecular flexibility index (Phi) is 4.00. The monoisotopic (exact) mass is 341 g/mol. The first-order valence-corrected chi connectivity index (χ1v) is 6.25. The van der Waals surface area contributed by atoms with E-state index in [9.17, 15) is 13.2 Å². The highest BCUT2D eigenvalue weighted by molar-refractivity contribution is 9.10. The average molecular weight is 342 g/mol. The summed E-state index contributed by atoms with van der Waals surface area (Å²) in [6, 6.07) is 11.5. The molecular weight excluding hydrogens is 335 g/mol. The van der Waals surface area contributed by atoms with Gasteiger partial charge in [-0.1, -0.05) is 22.0 Å². The predicted molar refractivity (Wildman–Crippen MR) is 70.4 cm³/mol. The Labute approximate surface area is 121 Å². The van der Waals surface area contributed by atoms with Crippen molar-refractivity contribution < 1.29 is 17.9 Å². The van der Waals surface area contributed by atoms with Gasteiger partial charge in [0.05, 0.1) is 11.6 Å². The molecule has 0 saturated heterocycles. The Balaban J connectivity index is 2.47. The van der Waals surface area contributed by atoms with E-state index in [1.165, 1.54) is 30.3 Å². The summed E-state index contributed by atoms with van der Waals surface area (Å²) in [5.74, 6) is -0.132. The van der Waals surface area contributed by atoms with Crippen molar-refractivity contribution in [2.24, 2.45) is 0 Å². The molecule has 0 unspecified atom stereocenters. The molecule has 2 aromatic carbocycles. The van der Waals surface area contributed by atoms with Crippen molar-refractivity contribution in [2.75, 3.05) is 0 Å². The van der Waals surface area contributed by atoms with Crippen molar-refractivity contribution in [3.8, 4) is 17.6 Å². The van der Waals surface area contributed by atoms with Gasteiger partial charge in [0.2, 0.25) is 0 Å². The molecule has 2 nitrogen and oxygen atoms in total. The standard InChI is InChI=1S/C14H7BrF3NO/c15-10-4-6-11(7-5-10)20-12-3-1-2-9(8-19)13(12)14(16,17)18/h1-7H. The third-order valence-electron chi connectivity index (χ3n) is 2.47. The first-order valence-electron chi connectivity index (χ1n) is 5.45. The minimum absolute atomic E-state index is 0.258. The second-order valence-electron chi connectivity index (χ2n) is 3.84. The Morgan fingerprint density at radius 3 is 2.25 bits per heavy atom. The molecule has 0 heterocycles. The van der Waals surface area contributed by atoms with E-state index in [1.807, 2.05) is 0 Å². The van der Waals surface area contributed by atoms with E-state index in [0.29, 0.717) is 0 Å². The summed E-state index contributed by atoms with van der Waals surface area (Å²) in [4.78, 5) is 0. The molecule has 0 aromatic heterocycles. The Morgan fingerprint density at radius 2 is 1.70 bits per heavy atom. The number of ether oxygens (including phenoxy) is 1. The first kappa shape index (κ1) is 14.4. The van der Waals surface area contributed by atoms with Gasteiger partial charge >= 0.3 is 6.18 Å². The lowest BCUT2D eigenvalue weighted by molar-refractivity contribution is -0.138. The zero-order valence-electron chi connectivity index (χ0n) is 9.91. The van der Waals surface area contributed by atoms with Gasteiger partial charge in [-0.15, -0.1) is 0 Å². The summed E-state index contributed by atoms with van der Waals surface area (Å²) < 4.78 is 45.1. The smallest absolute Gasteiger partial charge is 0.421 e. The number of benzene rings is 2. The summed E-state index contributed by atoms with van der Waals surface area (Å²) in [5.41, 5.74) is -1.53. The van der Waals surface area contributed by atoms with E-state index in [0.717, 1.165) is 10.5 Å². The largest absolute Gasteiger partial charge is 0.457 e. The molecule has 102 valence electrons. The minimum Gasteiger partial charge on any atom is -0.457 e. The van der Waals surface area contributed by atoms with Gasteiger partial charge in [-0.05, 0) is 36.4 Å². The number of hydrogen-bond acceptors (Lipinski definition) is 2. The molecule has 0 bridgehead atoms. The highest BCUT2D eigenvalue weighted by atomic mass is 79.9. The molecule has 20 heavy (non-hydrogen) atoms. The van der Waals surface area contributed by atoms with Gasteiger partial charge in [0, 0.05) is 4.47 Å². The predicted octanol–water partition coefficient (Wildman–Crippen LogP) is 5.13. The second-order valence-corrected chi connectivity index (χ2v) is 4.76. The summed E-state index contributed by atoms with van der Waals surface area (Å²) in [6.07, 6.45) is -4.66. The summed E-state index contributed by atoms with van der Waals surface area (Å²) in [5, 5.41) is 8.80. The van der Waals surface area contributed by atoms with Crippen molar-refractivity contribution in [1.82, 2.24) is 0 Å². The van der Waals surface area contributed by atoms with Gasteiger partial charge in [-0.2, -0.15) is 18.4 Å². The second kappa shape index (κ2) is 5.55. The van der Waals surface area contributed by atoms with Gasteiger partial charge < -0.3 is 4.74 Å². The van der Waals surface area contributed by atoms with Crippen LogP contribution < -0.4 is 4.74 Å². The highest BCUT2D eigenvalue weighted by Crippen LogP contribution is 2.40. The lowest BCUT2D eigenvalue weighted by atomic mass is 10.1. The molecule has 0 atom stereocenters. The number of rotatable bonds is 2. The van der Waals surface area contributed by atoms with Crippen LogP contribution in [0, 0.1) is 11.3 Å². The number of nitriles is 1. The zero-order chi connectivity index (χ0) is 14.8. The topological polar surface area (TPSA) is 33.0 Å². The summed E-state index contributed by atoms with van der Waals surface area (Å²) in [6.45, 7) is 0. The fraction of sp³-hybridized carbons (Fsp3) is 0.0714. The molecule has 0 amide bonds. The van der Waals surface area contributed by atoms with Gasteiger partial charge in [0.15, 0.2) is 0 Å². The van der Waals surface area contributed by atoms with E-state index in [1.54, 1.807) is 12.1 Å². The van der Waals surface area contributed by atoms with Crippen LogP contribution in [0.25, 0.3) is 0 Å². The van der Waals surface area contributed by atoms with Crippen LogP contribution in [0.2, 0.25) is 0 Å². The molecular formula is C14H7BrF3NO. The van der Waals surface area contributed by atoms with E-state index < -0.39 is 17.3 Å². The molecule has 0 aliphatic carbocycles. The lowest BCUT2D eigenvalue weighted by Crippen LogP contribution is -2.09. The van der Waals surface area contributed by atoms with E-state index in [4.69, 9.17) is 10.00 Å². The molecule has 0 N–H and O–H groups in total. The molecule has 0 spiro atoms. The van der Waals surface area contributed by atoms with Crippen molar-refractivity contribution >= 4 is 15.9 Å². The number of alkyl halides is 3. The number of nitrogens with zero attached hydrogens (tertiary/aromatic N) is 1. The maximum atomic E-state index is 13.0. The molecule has 0 aliphatic heterocycles. The van der Waals surface area contributed by atoms with E-state index >= 15 is 0 Å². The highest BCUT2D eigenvalue weighted by Gasteiger charge is 2.37. The van der Waals surface area contributed by atoms with Gasteiger partial charge in [-0.3, -0.25) is 0 Å². The third kappa shape index (κ3) is 3.11. The maximum Gasteiger partial charge on any atom is 0.421 e. The molecule has 0 radical (unpaired) electrons. The minimum atomic E-state index is -4.66. The number of hydrogen-bond donors (Lipinski definition) is 0. The van der Waals surface area contributed by atoms with Crippen molar-refractivity contribution in [1.29, 1.82) is 5.26 Å². The zero-order valence-corrected chi connectivity index (χ0v) is 11.5. The summed E-state index contributed by atoms with van der Waals surface area (Å²) in [7, 11) is 0. The Hall–Kier alpha value is -2.00. The fourth-order valence-corrected chi connectivity index (χ4v) is 1.90. The Bertz CT molecular complexity index is 660. The van der Waals surface area contributed by atoms with Gasteiger partial charge in [0.1, 0.15) is 17.1 Å². The molecule has 0 saturated carbocycles. The van der Waals surface area contributed by atoms with E-state index in [2.05, 4.69) is 15.9 Å². The van der Waals surface area contributed by atoms with Crippen LogP contribution in [0.5, 0.6) is 11.5 Å². The van der Waals surface area contributed by atoms with Crippen LogP contribution in [0.1, 0.15) is 11.1 Å². The third-order valence-corrected chi connectivity index (χ3v) is 3.00. The maximum absolute atomic E-state index is 13.0. The fourth-order valence-electron chi connectivity index (χ4n) is 1.63. The van der Waals surface area contributed by atoms with Crippen molar-refractivity contribution in [2.45, 2.75) is 6.18 Å². The van der Waals surface area contributed by atoms with Crippen molar-refractivity contribution in [3.63, 3.8) is 0 Å². The molecule has 0 fully saturated rings. The van der Waals surface area contributed by atoms with Crippen LogP contribution in [0.4, 0.5) is 13.2 Å². The quantitative estimate of drug-likeness (QED) is 0.758. The summed E-state index contributed by atoms with van der Waals surface area (Å²) >= 11 is 3.22.